The SMILES string of the molecule is CC(C(=O)NC1CC1)n1c(CCCl)nc2cnccc21. The molecule has 106 valence electrons. The van der Waals surface area contributed by atoms with Gasteiger partial charge in [-0.2, -0.15) is 0 Å². The fourth-order valence-electron chi connectivity index (χ4n) is 2.36. The van der Waals surface area contributed by atoms with E-state index in [0.29, 0.717) is 18.3 Å². The summed E-state index contributed by atoms with van der Waals surface area (Å²) < 4.78 is 1.97. The maximum atomic E-state index is 12.3. The number of aryl methyl sites for hydroxylation is 1. The van der Waals surface area contributed by atoms with E-state index in [4.69, 9.17) is 11.6 Å². The number of nitrogens with zero attached hydrogens (tertiary/aromatic N) is 3. The Kier molecular flexibility index (Phi) is 3.61. The molecule has 0 saturated heterocycles. The third kappa shape index (κ3) is 2.50. The van der Waals surface area contributed by atoms with E-state index in [9.17, 15) is 4.79 Å². The van der Waals surface area contributed by atoms with E-state index in [-0.39, 0.29) is 11.9 Å². The quantitative estimate of drug-likeness (QED) is 0.858. The van der Waals surface area contributed by atoms with Crippen LogP contribution in [0, 0.1) is 0 Å². The zero-order chi connectivity index (χ0) is 14.1. The minimum absolute atomic E-state index is 0.0411. The topological polar surface area (TPSA) is 59.8 Å². The number of carbonyl (C=O) groups excluding carboxylic acids is 1. The summed E-state index contributed by atoms with van der Waals surface area (Å²) >= 11 is 5.84. The minimum Gasteiger partial charge on any atom is -0.352 e. The summed E-state index contributed by atoms with van der Waals surface area (Å²) in [6.45, 7) is 1.90. The molecule has 2 aromatic rings. The van der Waals surface area contributed by atoms with Gasteiger partial charge < -0.3 is 9.88 Å². The molecule has 0 aliphatic heterocycles. The summed E-state index contributed by atoms with van der Waals surface area (Å²) in [7, 11) is 0. The second kappa shape index (κ2) is 5.40. The van der Waals surface area contributed by atoms with Gasteiger partial charge in [0.1, 0.15) is 17.4 Å². The highest BCUT2D eigenvalue weighted by Gasteiger charge is 2.28. The minimum atomic E-state index is -0.291. The van der Waals surface area contributed by atoms with Crippen molar-refractivity contribution in [3.8, 4) is 0 Å². The highest BCUT2D eigenvalue weighted by Crippen LogP contribution is 2.24. The van der Waals surface area contributed by atoms with Gasteiger partial charge in [-0.3, -0.25) is 9.78 Å². The third-order valence-electron chi connectivity index (χ3n) is 3.57. The molecular formula is C14H17ClN4O. The van der Waals surface area contributed by atoms with E-state index in [1.807, 2.05) is 17.6 Å². The summed E-state index contributed by atoms with van der Waals surface area (Å²) in [6, 6.07) is 1.96. The van der Waals surface area contributed by atoms with Crippen molar-refractivity contribution in [2.45, 2.75) is 38.3 Å². The molecular weight excluding hydrogens is 276 g/mol. The average molecular weight is 293 g/mol. The molecule has 2 aromatic heterocycles. The predicted octanol–water partition coefficient (Wildman–Crippen LogP) is 2.05. The number of hydrogen-bond donors (Lipinski definition) is 1. The van der Waals surface area contributed by atoms with Gasteiger partial charge >= 0.3 is 0 Å². The fraction of sp³-hybridized carbons (Fsp3) is 0.500. The van der Waals surface area contributed by atoms with Gasteiger partial charge in [0.25, 0.3) is 0 Å². The molecule has 3 rings (SSSR count). The first-order chi connectivity index (χ1) is 9.70. The van der Waals surface area contributed by atoms with Crippen molar-refractivity contribution < 1.29 is 4.79 Å². The van der Waals surface area contributed by atoms with Gasteiger partial charge in [0, 0.05) is 24.5 Å². The molecule has 6 heteroatoms. The number of amides is 1. The smallest absolute Gasteiger partial charge is 0.243 e. The molecule has 1 atom stereocenters. The molecule has 5 nitrogen and oxygen atoms in total. The Morgan fingerprint density at radius 2 is 2.40 bits per heavy atom. The number of imidazole rings is 1. The number of carbonyl (C=O) groups is 1. The van der Waals surface area contributed by atoms with Crippen LogP contribution in [-0.2, 0) is 11.2 Å². The van der Waals surface area contributed by atoms with Crippen LogP contribution in [0.4, 0.5) is 0 Å². The summed E-state index contributed by atoms with van der Waals surface area (Å²) in [6.07, 6.45) is 6.24. The van der Waals surface area contributed by atoms with Crippen molar-refractivity contribution in [1.29, 1.82) is 0 Å². The lowest BCUT2D eigenvalue weighted by atomic mass is 10.2. The predicted molar refractivity (Wildman–Crippen MR) is 77.8 cm³/mol. The number of nitrogens with one attached hydrogen (secondary N) is 1. The molecule has 1 aliphatic carbocycles. The van der Waals surface area contributed by atoms with Gasteiger partial charge in [-0.05, 0) is 25.8 Å². The Labute approximate surface area is 122 Å². The van der Waals surface area contributed by atoms with Crippen LogP contribution in [0.2, 0.25) is 0 Å². The van der Waals surface area contributed by atoms with Crippen LogP contribution in [-0.4, -0.2) is 32.4 Å². The number of hydrogen-bond acceptors (Lipinski definition) is 3. The number of pyridine rings is 1. The van der Waals surface area contributed by atoms with E-state index in [2.05, 4.69) is 15.3 Å². The highest BCUT2D eigenvalue weighted by molar-refractivity contribution is 6.17. The van der Waals surface area contributed by atoms with E-state index in [1.54, 1.807) is 12.4 Å². The molecule has 1 aliphatic rings. The summed E-state index contributed by atoms with van der Waals surface area (Å²) in [5.74, 6) is 1.36. The summed E-state index contributed by atoms with van der Waals surface area (Å²) in [5, 5.41) is 3.04. The molecule has 0 radical (unpaired) electrons. The van der Waals surface area contributed by atoms with E-state index < -0.39 is 0 Å². The molecule has 1 unspecified atom stereocenters. The van der Waals surface area contributed by atoms with Gasteiger partial charge in [0.05, 0.1) is 11.7 Å². The molecule has 1 fully saturated rings. The second-order valence-corrected chi connectivity index (χ2v) is 5.54. The van der Waals surface area contributed by atoms with Crippen molar-refractivity contribution in [2.24, 2.45) is 0 Å². The number of rotatable bonds is 5. The van der Waals surface area contributed by atoms with Crippen LogP contribution in [0.15, 0.2) is 18.5 Å². The first-order valence-corrected chi connectivity index (χ1v) is 7.41. The van der Waals surface area contributed by atoms with Crippen molar-refractivity contribution in [3.63, 3.8) is 0 Å². The van der Waals surface area contributed by atoms with E-state index in [0.717, 1.165) is 29.7 Å². The number of alkyl halides is 1. The third-order valence-corrected chi connectivity index (χ3v) is 3.76. The van der Waals surface area contributed by atoms with Crippen LogP contribution in [0.5, 0.6) is 0 Å². The first kappa shape index (κ1) is 13.4. The Morgan fingerprint density at radius 3 is 3.10 bits per heavy atom. The zero-order valence-electron chi connectivity index (χ0n) is 11.3. The average Bonchev–Trinajstić information content (AvgIpc) is 3.18. The van der Waals surface area contributed by atoms with Gasteiger partial charge in [0.15, 0.2) is 0 Å². The van der Waals surface area contributed by atoms with E-state index in [1.165, 1.54) is 0 Å². The normalized spacial score (nSPS) is 16.3. The molecule has 1 saturated carbocycles. The zero-order valence-corrected chi connectivity index (χ0v) is 12.1. The lowest BCUT2D eigenvalue weighted by molar-refractivity contribution is -0.124. The molecule has 0 spiro atoms. The van der Waals surface area contributed by atoms with Gasteiger partial charge in [0.2, 0.25) is 5.91 Å². The fourth-order valence-corrected chi connectivity index (χ4v) is 2.53. The maximum absolute atomic E-state index is 12.3. The molecule has 1 amide bonds. The lowest BCUT2D eigenvalue weighted by Crippen LogP contribution is -2.33. The second-order valence-electron chi connectivity index (χ2n) is 5.16. The van der Waals surface area contributed by atoms with E-state index >= 15 is 0 Å². The van der Waals surface area contributed by atoms with Crippen LogP contribution < -0.4 is 5.32 Å². The van der Waals surface area contributed by atoms with Crippen molar-refractivity contribution >= 4 is 28.5 Å². The molecule has 1 N–H and O–H groups in total. The Hall–Kier alpha value is -1.62. The van der Waals surface area contributed by atoms with Gasteiger partial charge in [-0.1, -0.05) is 0 Å². The van der Waals surface area contributed by atoms with Crippen molar-refractivity contribution in [2.75, 3.05) is 5.88 Å². The Balaban J connectivity index is 1.98. The summed E-state index contributed by atoms with van der Waals surface area (Å²) in [4.78, 5) is 20.9. The van der Waals surface area contributed by atoms with Gasteiger partial charge in [-0.15, -0.1) is 11.6 Å². The standard InChI is InChI=1S/C14H17ClN4O/c1-9(14(20)17-10-2-3-10)19-12-5-7-16-8-11(12)18-13(19)4-6-15/h5,7-10H,2-4,6H2,1H3,(H,17,20). The molecule has 2 heterocycles. The number of halogens is 1. The highest BCUT2D eigenvalue weighted by atomic mass is 35.5. The molecule has 20 heavy (non-hydrogen) atoms. The Bertz CT molecular complexity index is 635. The van der Waals surface area contributed by atoms with Crippen LogP contribution >= 0.6 is 11.6 Å². The number of aromatic nitrogens is 3. The monoisotopic (exact) mass is 292 g/mol. The van der Waals surface area contributed by atoms with Crippen molar-refractivity contribution in [3.05, 3.63) is 24.3 Å². The largest absolute Gasteiger partial charge is 0.352 e. The molecule has 0 bridgehead atoms. The maximum Gasteiger partial charge on any atom is 0.243 e. The van der Waals surface area contributed by atoms with Crippen molar-refractivity contribution in [1.82, 2.24) is 19.9 Å². The Morgan fingerprint density at radius 1 is 1.60 bits per heavy atom. The van der Waals surface area contributed by atoms with Crippen LogP contribution in [0.1, 0.15) is 31.6 Å². The first-order valence-electron chi connectivity index (χ1n) is 6.88. The summed E-state index contributed by atoms with van der Waals surface area (Å²) in [5.41, 5.74) is 1.73. The van der Waals surface area contributed by atoms with Gasteiger partial charge in [-0.25, -0.2) is 4.98 Å². The number of fused-ring (bicyclic) bond motifs is 1. The van der Waals surface area contributed by atoms with Crippen LogP contribution in [0.25, 0.3) is 11.0 Å². The molecule has 0 aromatic carbocycles. The lowest BCUT2D eigenvalue weighted by Gasteiger charge is -2.17. The van der Waals surface area contributed by atoms with Crippen LogP contribution in [0.3, 0.4) is 0 Å².